The minimum absolute atomic E-state index is 0.132. The van der Waals surface area contributed by atoms with Gasteiger partial charge >= 0.3 is 0 Å². The minimum atomic E-state index is 0.132. The number of likely N-dealkylation sites (N-methyl/N-ethyl adjacent to an activating group) is 1. The monoisotopic (exact) mass is 323 g/mol. The molecule has 0 radical (unpaired) electrons. The maximum absolute atomic E-state index is 12.9. The lowest BCUT2D eigenvalue weighted by Gasteiger charge is -2.42. The van der Waals surface area contributed by atoms with Crippen molar-refractivity contribution in [2.45, 2.75) is 40.0 Å². The smallest absolute Gasteiger partial charge is 0.236 e. The number of hydrogen-bond donors (Lipinski definition) is 0. The summed E-state index contributed by atoms with van der Waals surface area (Å²) in [5.41, 5.74) is 0.276. The molecule has 2 rings (SSSR count). The second-order valence-corrected chi connectivity index (χ2v) is 8.50. The summed E-state index contributed by atoms with van der Waals surface area (Å²) in [7, 11) is 3.57. The Morgan fingerprint density at radius 1 is 1.09 bits per heavy atom. The van der Waals surface area contributed by atoms with Crippen LogP contribution in [0.25, 0.3) is 0 Å². The number of hydrogen-bond acceptors (Lipinski definition) is 3. The Kier molecular flexibility index (Phi) is 5.71. The molecule has 5 nitrogen and oxygen atoms in total. The summed E-state index contributed by atoms with van der Waals surface area (Å²) in [6.07, 6.45) is 3.26. The normalized spacial score (nSPS) is 28.5. The molecule has 0 bridgehead atoms. The molecule has 0 spiro atoms. The molecule has 2 aliphatic rings. The molecule has 2 atom stereocenters. The summed E-state index contributed by atoms with van der Waals surface area (Å²) < 4.78 is 0. The van der Waals surface area contributed by atoms with Crippen LogP contribution in [0.3, 0.4) is 0 Å². The number of nitrogens with zero attached hydrogens (tertiary/aromatic N) is 3. The fraction of sp³-hybridized carbons (Fsp3) is 0.889. The van der Waals surface area contributed by atoms with Gasteiger partial charge in [0.1, 0.15) is 0 Å². The van der Waals surface area contributed by atoms with Crippen molar-refractivity contribution in [1.82, 2.24) is 14.7 Å². The third kappa shape index (κ3) is 4.93. The zero-order valence-corrected chi connectivity index (χ0v) is 15.5. The maximum Gasteiger partial charge on any atom is 0.236 e. The molecular formula is C18H33N3O2. The van der Waals surface area contributed by atoms with Gasteiger partial charge in [0.05, 0.1) is 6.54 Å². The largest absolute Gasteiger partial charge is 0.348 e. The van der Waals surface area contributed by atoms with Crippen molar-refractivity contribution in [2.24, 2.45) is 17.3 Å². The van der Waals surface area contributed by atoms with Gasteiger partial charge in [0, 0.05) is 46.2 Å². The predicted octanol–water partition coefficient (Wildman–Crippen LogP) is 1.68. The van der Waals surface area contributed by atoms with E-state index in [1.54, 1.807) is 19.0 Å². The van der Waals surface area contributed by atoms with Gasteiger partial charge in [-0.3, -0.25) is 14.5 Å². The zero-order valence-electron chi connectivity index (χ0n) is 15.5. The van der Waals surface area contributed by atoms with E-state index in [9.17, 15) is 9.59 Å². The molecular weight excluding hydrogens is 290 g/mol. The van der Waals surface area contributed by atoms with Crippen LogP contribution in [0.15, 0.2) is 0 Å². The highest BCUT2D eigenvalue weighted by Gasteiger charge is 2.37. The summed E-state index contributed by atoms with van der Waals surface area (Å²) in [4.78, 5) is 30.4. The molecule has 2 fully saturated rings. The van der Waals surface area contributed by atoms with Gasteiger partial charge in [0.2, 0.25) is 11.8 Å². The van der Waals surface area contributed by atoms with Gasteiger partial charge in [-0.25, -0.2) is 0 Å². The molecule has 2 amide bonds. The first kappa shape index (κ1) is 18.2. The highest BCUT2D eigenvalue weighted by atomic mass is 16.2. The number of amides is 2. The molecule has 1 saturated carbocycles. The van der Waals surface area contributed by atoms with E-state index in [0.717, 1.165) is 39.0 Å². The standard InChI is InChI=1S/C18H33N3O2/c1-14-10-15(12-18(2,3)11-14)17(23)21-8-6-20(7-9-21)13-16(22)19(4)5/h14-15H,6-13H2,1-5H3. The summed E-state index contributed by atoms with van der Waals surface area (Å²) in [6, 6.07) is 0. The van der Waals surface area contributed by atoms with Crippen LogP contribution in [0.2, 0.25) is 0 Å². The maximum atomic E-state index is 12.9. The second kappa shape index (κ2) is 7.20. The third-order valence-electron chi connectivity index (χ3n) is 5.28. The first-order valence-corrected chi connectivity index (χ1v) is 8.89. The van der Waals surface area contributed by atoms with Crippen molar-refractivity contribution in [3.8, 4) is 0 Å². The summed E-state index contributed by atoms with van der Waals surface area (Å²) in [5.74, 6) is 1.28. The third-order valence-corrected chi connectivity index (χ3v) is 5.28. The summed E-state index contributed by atoms with van der Waals surface area (Å²) in [5, 5.41) is 0. The zero-order chi connectivity index (χ0) is 17.2. The topological polar surface area (TPSA) is 43.9 Å². The SMILES string of the molecule is CC1CC(C(=O)N2CCN(CC(=O)N(C)C)CC2)CC(C)(C)C1. The van der Waals surface area contributed by atoms with Gasteiger partial charge in [-0.1, -0.05) is 20.8 Å². The van der Waals surface area contributed by atoms with Crippen LogP contribution in [0.4, 0.5) is 0 Å². The van der Waals surface area contributed by atoms with Crippen LogP contribution < -0.4 is 0 Å². The fourth-order valence-corrected chi connectivity index (χ4v) is 4.25. The van der Waals surface area contributed by atoms with Crippen LogP contribution in [-0.4, -0.2) is 73.3 Å². The number of carbonyl (C=O) groups excluding carboxylic acids is 2. The Bertz CT molecular complexity index is 440. The quantitative estimate of drug-likeness (QED) is 0.794. The predicted molar refractivity (Wildman–Crippen MR) is 92.0 cm³/mol. The molecule has 132 valence electrons. The number of rotatable bonds is 3. The van der Waals surface area contributed by atoms with Crippen molar-refractivity contribution >= 4 is 11.8 Å². The van der Waals surface area contributed by atoms with Gasteiger partial charge < -0.3 is 9.80 Å². The molecule has 5 heteroatoms. The highest BCUT2D eigenvalue weighted by Crippen LogP contribution is 2.42. The molecule has 0 aromatic heterocycles. The van der Waals surface area contributed by atoms with E-state index in [-0.39, 0.29) is 17.2 Å². The van der Waals surface area contributed by atoms with Crippen LogP contribution in [-0.2, 0) is 9.59 Å². The molecule has 0 aromatic rings. The van der Waals surface area contributed by atoms with Crippen molar-refractivity contribution in [3.05, 3.63) is 0 Å². The highest BCUT2D eigenvalue weighted by molar-refractivity contribution is 5.79. The van der Waals surface area contributed by atoms with Crippen LogP contribution in [0, 0.1) is 17.3 Å². The lowest BCUT2D eigenvalue weighted by atomic mass is 9.67. The summed E-state index contributed by atoms with van der Waals surface area (Å²) in [6.45, 7) is 10.4. The number of carbonyl (C=O) groups is 2. The van der Waals surface area contributed by atoms with E-state index < -0.39 is 0 Å². The number of piperazine rings is 1. The van der Waals surface area contributed by atoms with Crippen LogP contribution >= 0.6 is 0 Å². The van der Waals surface area contributed by atoms with E-state index in [2.05, 4.69) is 25.7 Å². The van der Waals surface area contributed by atoms with E-state index in [4.69, 9.17) is 0 Å². The van der Waals surface area contributed by atoms with Crippen LogP contribution in [0.5, 0.6) is 0 Å². The molecule has 2 unspecified atom stereocenters. The van der Waals surface area contributed by atoms with Gasteiger partial charge in [-0.05, 0) is 30.6 Å². The van der Waals surface area contributed by atoms with Crippen molar-refractivity contribution in [1.29, 1.82) is 0 Å². The molecule has 23 heavy (non-hydrogen) atoms. The lowest BCUT2D eigenvalue weighted by Crippen LogP contribution is -2.53. The van der Waals surface area contributed by atoms with Gasteiger partial charge in [0.15, 0.2) is 0 Å². The minimum Gasteiger partial charge on any atom is -0.348 e. The molecule has 1 heterocycles. The fourth-order valence-electron chi connectivity index (χ4n) is 4.25. The van der Waals surface area contributed by atoms with Gasteiger partial charge in [0.25, 0.3) is 0 Å². The Morgan fingerprint density at radius 2 is 1.70 bits per heavy atom. The first-order chi connectivity index (χ1) is 10.7. The summed E-state index contributed by atoms with van der Waals surface area (Å²) >= 11 is 0. The molecule has 1 saturated heterocycles. The Morgan fingerprint density at radius 3 is 2.22 bits per heavy atom. The molecule has 0 N–H and O–H groups in total. The Balaban J connectivity index is 1.85. The van der Waals surface area contributed by atoms with Gasteiger partial charge in [-0.2, -0.15) is 0 Å². The van der Waals surface area contributed by atoms with Crippen molar-refractivity contribution in [2.75, 3.05) is 46.8 Å². The van der Waals surface area contributed by atoms with E-state index in [1.807, 2.05) is 4.90 Å². The molecule has 1 aliphatic carbocycles. The molecule has 0 aromatic carbocycles. The molecule has 1 aliphatic heterocycles. The Labute approximate surface area is 141 Å². The Hall–Kier alpha value is -1.10. The van der Waals surface area contributed by atoms with Gasteiger partial charge in [-0.15, -0.1) is 0 Å². The van der Waals surface area contributed by atoms with Crippen molar-refractivity contribution in [3.63, 3.8) is 0 Å². The van der Waals surface area contributed by atoms with E-state index in [0.29, 0.717) is 18.4 Å². The van der Waals surface area contributed by atoms with Crippen molar-refractivity contribution < 1.29 is 9.59 Å². The van der Waals surface area contributed by atoms with Crippen LogP contribution in [0.1, 0.15) is 40.0 Å². The van der Waals surface area contributed by atoms with E-state index in [1.165, 1.54) is 6.42 Å². The first-order valence-electron chi connectivity index (χ1n) is 8.89. The second-order valence-electron chi connectivity index (χ2n) is 8.50. The van der Waals surface area contributed by atoms with E-state index >= 15 is 0 Å². The average molecular weight is 323 g/mol. The lowest BCUT2D eigenvalue weighted by molar-refractivity contribution is -0.141. The average Bonchev–Trinajstić information content (AvgIpc) is 2.45.